The quantitative estimate of drug-likeness (QED) is 0.449. The number of amides is 1. The Kier molecular flexibility index (Phi) is 5.55. The summed E-state index contributed by atoms with van der Waals surface area (Å²) in [4.78, 5) is 23.4. The molecule has 158 valence electrons. The molecule has 0 aliphatic carbocycles. The lowest BCUT2D eigenvalue weighted by Crippen LogP contribution is -2.27. The zero-order valence-electron chi connectivity index (χ0n) is 16.2. The van der Waals surface area contributed by atoms with E-state index in [-0.39, 0.29) is 11.5 Å². The Labute approximate surface area is 179 Å². The summed E-state index contributed by atoms with van der Waals surface area (Å²) in [5, 5.41) is 6.08. The SMILES string of the molecule is CN(Cc1cccnc1)C(=O)c1nc(-c2cccs2)n(-c2cccc(C(F)(F)F)c2)n1. The molecule has 0 fully saturated rings. The fourth-order valence-electron chi connectivity index (χ4n) is 2.97. The van der Waals surface area contributed by atoms with Crippen LogP contribution in [0.3, 0.4) is 0 Å². The van der Waals surface area contributed by atoms with Gasteiger partial charge in [-0.2, -0.15) is 13.2 Å². The van der Waals surface area contributed by atoms with Crippen molar-refractivity contribution >= 4 is 17.2 Å². The van der Waals surface area contributed by atoms with E-state index < -0.39 is 17.6 Å². The smallest absolute Gasteiger partial charge is 0.335 e. The average Bonchev–Trinajstić information content (AvgIpc) is 3.43. The molecule has 0 saturated heterocycles. The largest absolute Gasteiger partial charge is 0.416 e. The second-order valence-corrected chi connectivity index (χ2v) is 7.67. The molecule has 0 unspecified atom stereocenters. The molecule has 1 amide bonds. The summed E-state index contributed by atoms with van der Waals surface area (Å²) in [6.07, 6.45) is -1.21. The summed E-state index contributed by atoms with van der Waals surface area (Å²) in [7, 11) is 1.60. The first kappa shape index (κ1) is 20.7. The highest BCUT2D eigenvalue weighted by molar-refractivity contribution is 7.13. The maximum atomic E-state index is 13.2. The molecule has 0 spiro atoms. The van der Waals surface area contributed by atoms with Crippen LogP contribution in [-0.2, 0) is 12.7 Å². The highest BCUT2D eigenvalue weighted by atomic mass is 32.1. The predicted molar refractivity (Wildman–Crippen MR) is 110 cm³/mol. The highest BCUT2D eigenvalue weighted by Gasteiger charge is 2.31. The van der Waals surface area contributed by atoms with E-state index in [9.17, 15) is 18.0 Å². The molecule has 3 heterocycles. The highest BCUT2D eigenvalue weighted by Crippen LogP contribution is 2.32. The number of pyridine rings is 1. The molecule has 0 aliphatic rings. The molecular weight excluding hydrogens is 427 g/mol. The van der Waals surface area contributed by atoms with Gasteiger partial charge in [-0.25, -0.2) is 9.67 Å². The van der Waals surface area contributed by atoms with Crippen LogP contribution in [-0.4, -0.2) is 37.6 Å². The number of aromatic nitrogens is 4. The molecule has 6 nitrogen and oxygen atoms in total. The van der Waals surface area contributed by atoms with Gasteiger partial charge >= 0.3 is 6.18 Å². The molecule has 1 aromatic carbocycles. The minimum Gasteiger partial charge on any atom is -0.335 e. The summed E-state index contributed by atoms with van der Waals surface area (Å²) in [5.41, 5.74) is 0.188. The molecule has 3 aromatic heterocycles. The van der Waals surface area contributed by atoms with E-state index in [2.05, 4.69) is 15.1 Å². The molecule has 4 aromatic rings. The number of hydrogen-bond donors (Lipinski definition) is 0. The Hall–Kier alpha value is -3.53. The van der Waals surface area contributed by atoms with E-state index in [0.29, 0.717) is 17.2 Å². The van der Waals surface area contributed by atoms with Crippen molar-refractivity contribution in [1.82, 2.24) is 24.6 Å². The van der Waals surface area contributed by atoms with Gasteiger partial charge in [0.05, 0.1) is 16.1 Å². The Morgan fingerprint density at radius 2 is 2.00 bits per heavy atom. The van der Waals surface area contributed by atoms with Crippen molar-refractivity contribution in [2.24, 2.45) is 0 Å². The number of hydrogen-bond acceptors (Lipinski definition) is 5. The van der Waals surface area contributed by atoms with Crippen molar-refractivity contribution < 1.29 is 18.0 Å². The second kappa shape index (κ2) is 8.31. The van der Waals surface area contributed by atoms with Crippen molar-refractivity contribution in [3.05, 3.63) is 83.3 Å². The number of carbonyl (C=O) groups is 1. The van der Waals surface area contributed by atoms with Crippen LogP contribution in [0.25, 0.3) is 16.4 Å². The summed E-state index contributed by atoms with van der Waals surface area (Å²) in [6.45, 7) is 0.291. The zero-order chi connectivity index (χ0) is 22.0. The lowest BCUT2D eigenvalue weighted by molar-refractivity contribution is -0.137. The molecule has 0 aliphatic heterocycles. The summed E-state index contributed by atoms with van der Waals surface area (Å²) < 4.78 is 40.9. The van der Waals surface area contributed by atoms with Crippen LogP contribution in [0.1, 0.15) is 21.7 Å². The van der Waals surface area contributed by atoms with Crippen molar-refractivity contribution in [3.63, 3.8) is 0 Å². The number of nitrogens with zero attached hydrogens (tertiary/aromatic N) is 5. The van der Waals surface area contributed by atoms with Gasteiger partial charge in [0.15, 0.2) is 5.82 Å². The van der Waals surface area contributed by atoms with Crippen molar-refractivity contribution in [2.45, 2.75) is 12.7 Å². The standard InChI is InChI=1S/C21H16F3N5OS/c1-28(13-14-5-3-9-25-12-14)20(30)18-26-19(17-8-4-10-31-17)29(27-18)16-7-2-6-15(11-16)21(22,23)24/h2-12H,13H2,1H3. The minimum atomic E-state index is -4.50. The lowest BCUT2D eigenvalue weighted by atomic mass is 10.2. The molecule has 0 bridgehead atoms. The van der Waals surface area contributed by atoms with Gasteiger partial charge < -0.3 is 4.90 Å². The fraction of sp³-hybridized carbons (Fsp3) is 0.143. The number of alkyl halides is 3. The van der Waals surface area contributed by atoms with E-state index in [0.717, 1.165) is 17.7 Å². The third-order valence-electron chi connectivity index (χ3n) is 4.45. The fourth-order valence-corrected chi connectivity index (χ4v) is 3.67. The van der Waals surface area contributed by atoms with E-state index >= 15 is 0 Å². The third-order valence-corrected chi connectivity index (χ3v) is 5.31. The predicted octanol–water partition coefficient (Wildman–Crippen LogP) is 4.68. The van der Waals surface area contributed by atoms with Crippen molar-refractivity contribution in [1.29, 1.82) is 0 Å². The van der Waals surface area contributed by atoms with Crippen LogP contribution in [0, 0.1) is 0 Å². The first-order chi connectivity index (χ1) is 14.8. The van der Waals surface area contributed by atoms with Gasteiger partial charge in [-0.1, -0.05) is 18.2 Å². The van der Waals surface area contributed by atoms with E-state index in [1.807, 2.05) is 11.4 Å². The number of benzene rings is 1. The molecule has 0 N–H and O–H groups in total. The number of thiophene rings is 1. The molecule has 0 saturated carbocycles. The monoisotopic (exact) mass is 443 g/mol. The van der Waals surface area contributed by atoms with Gasteiger partial charge in [0.2, 0.25) is 5.82 Å². The molecule has 4 rings (SSSR count). The first-order valence-electron chi connectivity index (χ1n) is 9.16. The minimum absolute atomic E-state index is 0.104. The third kappa shape index (κ3) is 4.48. The molecule has 10 heteroatoms. The molecule has 0 radical (unpaired) electrons. The number of carbonyl (C=O) groups excluding carboxylic acids is 1. The first-order valence-corrected chi connectivity index (χ1v) is 10.0. The zero-order valence-corrected chi connectivity index (χ0v) is 17.1. The van der Waals surface area contributed by atoms with Crippen LogP contribution in [0.4, 0.5) is 13.2 Å². The topological polar surface area (TPSA) is 63.9 Å². The van der Waals surface area contributed by atoms with E-state index in [1.165, 1.54) is 33.1 Å². The maximum absolute atomic E-state index is 13.2. The Bertz CT molecular complexity index is 1190. The lowest BCUT2D eigenvalue weighted by Gasteiger charge is -2.14. The van der Waals surface area contributed by atoms with Crippen LogP contribution in [0.2, 0.25) is 0 Å². The van der Waals surface area contributed by atoms with Gasteiger partial charge in [0, 0.05) is 26.0 Å². The molecule has 31 heavy (non-hydrogen) atoms. The van der Waals surface area contributed by atoms with Crippen LogP contribution in [0.5, 0.6) is 0 Å². The van der Waals surface area contributed by atoms with Crippen LogP contribution in [0.15, 0.2) is 66.3 Å². The van der Waals surface area contributed by atoms with Crippen LogP contribution >= 0.6 is 11.3 Å². The van der Waals surface area contributed by atoms with Gasteiger partial charge in [-0.3, -0.25) is 9.78 Å². The van der Waals surface area contributed by atoms with E-state index in [1.54, 1.807) is 37.6 Å². The van der Waals surface area contributed by atoms with Gasteiger partial charge in [0.25, 0.3) is 5.91 Å². The Morgan fingerprint density at radius 3 is 2.68 bits per heavy atom. The van der Waals surface area contributed by atoms with Gasteiger partial charge in [-0.15, -0.1) is 16.4 Å². The number of halogens is 3. The molecular formula is C21H16F3N5OS. The van der Waals surface area contributed by atoms with Crippen molar-refractivity contribution in [2.75, 3.05) is 7.05 Å². The Balaban J connectivity index is 1.72. The normalized spacial score (nSPS) is 11.5. The maximum Gasteiger partial charge on any atom is 0.416 e. The van der Waals surface area contributed by atoms with Crippen LogP contribution < -0.4 is 0 Å². The number of rotatable bonds is 5. The summed E-state index contributed by atoms with van der Waals surface area (Å²) in [6, 6.07) is 11.9. The average molecular weight is 443 g/mol. The second-order valence-electron chi connectivity index (χ2n) is 6.72. The van der Waals surface area contributed by atoms with Gasteiger partial charge in [0.1, 0.15) is 0 Å². The van der Waals surface area contributed by atoms with Gasteiger partial charge in [-0.05, 0) is 41.3 Å². The summed E-state index contributed by atoms with van der Waals surface area (Å²) >= 11 is 1.35. The van der Waals surface area contributed by atoms with E-state index in [4.69, 9.17) is 0 Å². The Morgan fingerprint density at radius 1 is 1.16 bits per heavy atom. The molecule has 0 atom stereocenters. The van der Waals surface area contributed by atoms with Crippen molar-refractivity contribution in [3.8, 4) is 16.4 Å². The summed E-state index contributed by atoms with van der Waals surface area (Å²) in [5.74, 6) is -0.257.